The maximum atomic E-state index is 12.1. The molecule has 2 fully saturated rings. The predicted octanol–water partition coefficient (Wildman–Crippen LogP) is 0.493. The molecule has 0 aromatic heterocycles. The monoisotopic (exact) mass is 303 g/mol. The van der Waals surface area contributed by atoms with E-state index >= 15 is 0 Å². The van der Waals surface area contributed by atoms with Crippen LogP contribution in [0.3, 0.4) is 0 Å². The van der Waals surface area contributed by atoms with E-state index in [0.717, 1.165) is 26.2 Å². The summed E-state index contributed by atoms with van der Waals surface area (Å²) in [6.45, 7) is 13.9. The van der Waals surface area contributed by atoms with Gasteiger partial charge in [0.1, 0.15) is 0 Å². The predicted molar refractivity (Wildman–Crippen MR) is 82.2 cm³/mol. The van der Waals surface area contributed by atoms with Gasteiger partial charge in [-0.2, -0.15) is 0 Å². The first-order valence-electron chi connectivity index (χ1n) is 7.57. The largest absolute Gasteiger partial charge is 0.314 e. The number of nitrogens with one attached hydrogen (secondary N) is 2. The fourth-order valence-corrected chi connectivity index (χ4v) is 4.37. The van der Waals surface area contributed by atoms with Gasteiger partial charge >= 0.3 is 0 Å². The molecule has 2 N–H and O–H groups in total. The van der Waals surface area contributed by atoms with Crippen molar-refractivity contribution in [2.75, 3.05) is 45.0 Å². The van der Waals surface area contributed by atoms with Crippen LogP contribution in [-0.4, -0.2) is 58.3 Å². The SMILES string of the molecule is CC1(C)C(CNS(=O)(=O)CCN2CCNCC2)C1(C)C. The minimum absolute atomic E-state index is 0.209. The van der Waals surface area contributed by atoms with Crippen molar-refractivity contribution in [2.24, 2.45) is 16.7 Å². The Balaban J connectivity index is 1.74. The summed E-state index contributed by atoms with van der Waals surface area (Å²) in [4.78, 5) is 2.21. The molecule has 118 valence electrons. The fraction of sp³-hybridized carbons (Fsp3) is 1.00. The molecule has 0 atom stereocenters. The first-order chi connectivity index (χ1) is 9.17. The van der Waals surface area contributed by atoms with Crippen LogP contribution < -0.4 is 10.0 Å². The van der Waals surface area contributed by atoms with E-state index in [0.29, 0.717) is 19.0 Å². The van der Waals surface area contributed by atoms with E-state index in [2.05, 4.69) is 42.6 Å². The van der Waals surface area contributed by atoms with Gasteiger partial charge < -0.3 is 5.32 Å². The van der Waals surface area contributed by atoms with Crippen LogP contribution in [0.25, 0.3) is 0 Å². The van der Waals surface area contributed by atoms with Crippen molar-refractivity contribution in [3.63, 3.8) is 0 Å². The zero-order chi connectivity index (χ0) is 15.0. The first-order valence-corrected chi connectivity index (χ1v) is 9.22. The molecule has 1 saturated carbocycles. The second-order valence-electron chi connectivity index (χ2n) is 7.25. The summed E-state index contributed by atoms with van der Waals surface area (Å²) in [6, 6.07) is 0. The van der Waals surface area contributed by atoms with Crippen LogP contribution in [0.2, 0.25) is 0 Å². The minimum Gasteiger partial charge on any atom is -0.314 e. The Hall–Kier alpha value is -0.170. The Morgan fingerprint density at radius 1 is 1.15 bits per heavy atom. The summed E-state index contributed by atoms with van der Waals surface area (Å²) < 4.78 is 26.9. The van der Waals surface area contributed by atoms with E-state index in [1.54, 1.807) is 0 Å². The lowest BCUT2D eigenvalue weighted by molar-refractivity contribution is 0.253. The lowest BCUT2D eigenvalue weighted by Crippen LogP contribution is -2.46. The summed E-state index contributed by atoms with van der Waals surface area (Å²) >= 11 is 0. The Morgan fingerprint density at radius 2 is 1.70 bits per heavy atom. The minimum atomic E-state index is -3.15. The number of rotatable bonds is 6. The molecule has 2 aliphatic rings. The molecule has 0 aromatic rings. The van der Waals surface area contributed by atoms with Gasteiger partial charge in [-0.1, -0.05) is 27.7 Å². The molecule has 20 heavy (non-hydrogen) atoms. The molecule has 1 aliphatic carbocycles. The van der Waals surface area contributed by atoms with Gasteiger partial charge in [0.15, 0.2) is 0 Å². The van der Waals surface area contributed by atoms with Crippen molar-refractivity contribution in [3.05, 3.63) is 0 Å². The number of sulfonamides is 1. The summed E-state index contributed by atoms with van der Waals surface area (Å²) in [7, 11) is -3.15. The van der Waals surface area contributed by atoms with Gasteiger partial charge in [0, 0.05) is 39.3 Å². The average molecular weight is 303 g/mol. The highest BCUT2D eigenvalue weighted by molar-refractivity contribution is 7.89. The van der Waals surface area contributed by atoms with Crippen LogP contribution in [0, 0.1) is 16.7 Å². The second-order valence-corrected chi connectivity index (χ2v) is 9.18. The number of hydrogen-bond acceptors (Lipinski definition) is 4. The molecule has 0 aromatic carbocycles. The normalized spacial score (nSPS) is 26.6. The standard InChI is InChI=1S/C14H29N3O2S/c1-13(2)12(14(13,3)4)11-16-20(18,19)10-9-17-7-5-15-6-8-17/h12,15-16H,5-11H2,1-4H3. The Labute approximate surface area is 123 Å². The van der Waals surface area contributed by atoms with Crippen molar-refractivity contribution in [2.45, 2.75) is 27.7 Å². The fourth-order valence-electron chi connectivity index (χ4n) is 3.31. The van der Waals surface area contributed by atoms with Gasteiger partial charge in [-0.25, -0.2) is 13.1 Å². The molecule has 1 saturated heterocycles. The molecule has 0 amide bonds. The molecule has 0 bridgehead atoms. The first kappa shape index (κ1) is 16.2. The topological polar surface area (TPSA) is 61.4 Å². The number of nitrogens with zero attached hydrogens (tertiary/aromatic N) is 1. The smallest absolute Gasteiger partial charge is 0.212 e. The molecular weight excluding hydrogens is 274 g/mol. The number of piperazine rings is 1. The molecule has 0 spiro atoms. The molecule has 0 unspecified atom stereocenters. The Kier molecular flexibility index (Phi) is 4.50. The molecule has 5 nitrogen and oxygen atoms in total. The third-order valence-corrected chi connectivity index (χ3v) is 7.04. The molecule has 1 heterocycles. The van der Waals surface area contributed by atoms with Gasteiger partial charge in [0.2, 0.25) is 10.0 Å². The zero-order valence-corrected chi connectivity index (χ0v) is 14.0. The highest BCUT2D eigenvalue weighted by Crippen LogP contribution is 2.67. The lowest BCUT2D eigenvalue weighted by atomic mass is 10.0. The van der Waals surface area contributed by atoms with Crippen LogP contribution in [0.5, 0.6) is 0 Å². The summed E-state index contributed by atoms with van der Waals surface area (Å²) in [6.07, 6.45) is 0. The molecule has 1 aliphatic heterocycles. The third-order valence-electron chi connectivity index (χ3n) is 5.71. The lowest BCUT2D eigenvalue weighted by Gasteiger charge is -2.26. The highest BCUT2D eigenvalue weighted by Gasteiger charge is 2.64. The van der Waals surface area contributed by atoms with Crippen LogP contribution in [-0.2, 0) is 10.0 Å². The zero-order valence-electron chi connectivity index (χ0n) is 13.2. The van der Waals surface area contributed by atoms with E-state index in [9.17, 15) is 8.42 Å². The van der Waals surface area contributed by atoms with Crippen LogP contribution in [0.1, 0.15) is 27.7 Å². The summed E-state index contributed by atoms with van der Waals surface area (Å²) in [5.74, 6) is 0.643. The molecular formula is C14H29N3O2S. The highest BCUT2D eigenvalue weighted by atomic mass is 32.2. The van der Waals surface area contributed by atoms with Crippen LogP contribution >= 0.6 is 0 Å². The van der Waals surface area contributed by atoms with Gasteiger partial charge in [-0.3, -0.25) is 4.90 Å². The van der Waals surface area contributed by atoms with Crippen molar-refractivity contribution < 1.29 is 8.42 Å². The maximum absolute atomic E-state index is 12.1. The van der Waals surface area contributed by atoms with Gasteiger partial charge in [0.25, 0.3) is 0 Å². The molecule has 2 rings (SSSR count). The quantitative estimate of drug-likeness (QED) is 0.750. The van der Waals surface area contributed by atoms with Crippen molar-refractivity contribution in [3.8, 4) is 0 Å². The van der Waals surface area contributed by atoms with E-state index in [-0.39, 0.29) is 16.6 Å². The molecule has 6 heteroatoms. The van der Waals surface area contributed by atoms with Crippen LogP contribution in [0.15, 0.2) is 0 Å². The van der Waals surface area contributed by atoms with E-state index in [1.165, 1.54) is 0 Å². The van der Waals surface area contributed by atoms with E-state index in [1.807, 2.05) is 0 Å². The Morgan fingerprint density at radius 3 is 2.20 bits per heavy atom. The van der Waals surface area contributed by atoms with Crippen molar-refractivity contribution in [1.29, 1.82) is 0 Å². The third kappa shape index (κ3) is 3.35. The Bertz CT molecular complexity index is 425. The second kappa shape index (κ2) is 5.55. The number of hydrogen-bond donors (Lipinski definition) is 2. The average Bonchev–Trinajstić information content (AvgIpc) is 2.76. The van der Waals surface area contributed by atoms with Crippen molar-refractivity contribution >= 4 is 10.0 Å². The summed E-state index contributed by atoms with van der Waals surface area (Å²) in [5.41, 5.74) is 0.460. The van der Waals surface area contributed by atoms with E-state index < -0.39 is 10.0 Å². The summed E-state index contributed by atoms with van der Waals surface area (Å²) in [5, 5.41) is 3.27. The van der Waals surface area contributed by atoms with Gasteiger partial charge in [0.05, 0.1) is 5.75 Å². The molecule has 0 radical (unpaired) electrons. The van der Waals surface area contributed by atoms with Crippen molar-refractivity contribution in [1.82, 2.24) is 14.9 Å². The maximum Gasteiger partial charge on any atom is 0.212 e. The van der Waals surface area contributed by atoms with Crippen LogP contribution in [0.4, 0.5) is 0 Å². The van der Waals surface area contributed by atoms with Gasteiger partial charge in [-0.15, -0.1) is 0 Å². The van der Waals surface area contributed by atoms with Gasteiger partial charge in [-0.05, 0) is 16.7 Å². The van der Waals surface area contributed by atoms with E-state index in [4.69, 9.17) is 0 Å².